The Labute approximate surface area is 116 Å². The van der Waals surface area contributed by atoms with E-state index in [0.717, 1.165) is 5.56 Å². The molecule has 1 heterocycles. The van der Waals surface area contributed by atoms with Crippen LogP contribution in [0.2, 0.25) is 5.02 Å². The third-order valence-electron chi connectivity index (χ3n) is 3.07. The van der Waals surface area contributed by atoms with Crippen LogP contribution < -0.4 is 5.32 Å². The van der Waals surface area contributed by atoms with E-state index in [1.54, 1.807) is 19.1 Å². The van der Waals surface area contributed by atoms with Crippen molar-refractivity contribution in [2.24, 2.45) is 0 Å². The first-order valence-electron chi connectivity index (χ1n) is 5.86. The number of hydrogen-bond acceptors (Lipinski definition) is 3. The van der Waals surface area contributed by atoms with Gasteiger partial charge in [-0.1, -0.05) is 23.7 Å². The van der Waals surface area contributed by atoms with Gasteiger partial charge < -0.3 is 5.32 Å². The van der Waals surface area contributed by atoms with E-state index < -0.39 is 5.41 Å². The largest absolute Gasteiger partial charge is 0.307 e. The lowest BCUT2D eigenvalue weighted by atomic mass is 9.84. The first-order valence-corrected chi connectivity index (χ1v) is 6.24. The average molecular weight is 279 g/mol. The average Bonchev–Trinajstić information content (AvgIpc) is 2.75. The topological polar surface area (TPSA) is 70.7 Å². The summed E-state index contributed by atoms with van der Waals surface area (Å²) in [6, 6.07) is 7.27. The van der Waals surface area contributed by atoms with E-state index in [-0.39, 0.29) is 5.91 Å². The molecule has 0 saturated carbocycles. The Kier molecular flexibility index (Phi) is 3.57. The Bertz CT molecular complexity index is 606. The number of nitrogens with zero attached hydrogens (tertiary/aromatic N) is 2. The molecule has 19 heavy (non-hydrogen) atoms. The van der Waals surface area contributed by atoms with Crippen LogP contribution in [0.5, 0.6) is 0 Å². The van der Waals surface area contributed by atoms with Gasteiger partial charge in [0.2, 0.25) is 5.91 Å². The van der Waals surface area contributed by atoms with Gasteiger partial charge in [-0.3, -0.25) is 4.79 Å². The lowest BCUT2D eigenvalue weighted by molar-refractivity contribution is -0.120. The Morgan fingerprint density at radius 1 is 1.37 bits per heavy atom. The normalized spacial score (nSPS) is 11.4. The highest BCUT2D eigenvalue weighted by Gasteiger charge is 2.30. The summed E-state index contributed by atoms with van der Waals surface area (Å²) >= 11 is 5.96. The first kappa shape index (κ1) is 13.5. The SMILES string of the molecule is Cc1n[nH]nc1NC(=O)C(C)(C)c1cccc(Cl)c1. The Hall–Kier alpha value is -1.88. The molecular formula is C13H15ClN4O. The number of anilines is 1. The Morgan fingerprint density at radius 3 is 2.68 bits per heavy atom. The van der Waals surface area contributed by atoms with Gasteiger partial charge in [0, 0.05) is 5.02 Å². The van der Waals surface area contributed by atoms with Crippen molar-refractivity contribution in [1.82, 2.24) is 15.4 Å². The Balaban J connectivity index is 2.24. The second kappa shape index (κ2) is 5.01. The third-order valence-corrected chi connectivity index (χ3v) is 3.30. The van der Waals surface area contributed by atoms with Crippen molar-refractivity contribution in [2.45, 2.75) is 26.2 Å². The van der Waals surface area contributed by atoms with Crippen molar-refractivity contribution in [3.63, 3.8) is 0 Å². The molecule has 1 amide bonds. The quantitative estimate of drug-likeness (QED) is 0.907. The maximum Gasteiger partial charge on any atom is 0.235 e. The maximum absolute atomic E-state index is 12.4. The highest BCUT2D eigenvalue weighted by atomic mass is 35.5. The molecule has 0 aliphatic heterocycles. The number of aryl methyl sites for hydroxylation is 1. The number of halogens is 1. The molecule has 0 aliphatic carbocycles. The fourth-order valence-electron chi connectivity index (χ4n) is 1.67. The molecule has 0 fully saturated rings. The fraction of sp³-hybridized carbons (Fsp3) is 0.308. The van der Waals surface area contributed by atoms with Crippen molar-refractivity contribution in [1.29, 1.82) is 0 Å². The second-order valence-electron chi connectivity index (χ2n) is 4.85. The zero-order chi connectivity index (χ0) is 14.0. The molecular weight excluding hydrogens is 264 g/mol. The molecule has 100 valence electrons. The molecule has 6 heteroatoms. The molecule has 2 aromatic rings. The fourth-order valence-corrected chi connectivity index (χ4v) is 1.86. The minimum atomic E-state index is -0.712. The van der Waals surface area contributed by atoms with E-state index in [1.165, 1.54) is 0 Å². The molecule has 5 nitrogen and oxygen atoms in total. The van der Waals surface area contributed by atoms with E-state index in [1.807, 2.05) is 26.0 Å². The number of H-pyrrole nitrogens is 1. The number of rotatable bonds is 3. The van der Waals surface area contributed by atoms with Crippen molar-refractivity contribution in [2.75, 3.05) is 5.32 Å². The molecule has 2 N–H and O–H groups in total. The first-order chi connectivity index (χ1) is 8.91. The number of amides is 1. The van der Waals surface area contributed by atoms with Gasteiger partial charge in [0.05, 0.1) is 5.41 Å². The zero-order valence-electron chi connectivity index (χ0n) is 11.0. The van der Waals surface area contributed by atoms with Crippen LogP contribution in [0.15, 0.2) is 24.3 Å². The minimum absolute atomic E-state index is 0.160. The van der Waals surface area contributed by atoms with Crippen LogP contribution in [0.1, 0.15) is 25.1 Å². The number of hydrogen-bond donors (Lipinski definition) is 2. The zero-order valence-corrected chi connectivity index (χ0v) is 11.7. The van der Waals surface area contributed by atoms with Crippen molar-refractivity contribution < 1.29 is 4.79 Å². The van der Waals surface area contributed by atoms with E-state index in [9.17, 15) is 4.79 Å². The summed E-state index contributed by atoms with van der Waals surface area (Å²) in [5.74, 6) is 0.284. The second-order valence-corrected chi connectivity index (χ2v) is 5.28. The number of carbonyl (C=O) groups is 1. The van der Waals surface area contributed by atoms with Gasteiger partial charge in [-0.05, 0) is 38.5 Å². The highest BCUT2D eigenvalue weighted by molar-refractivity contribution is 6.30. The van der Waals surface area contributed by atoms with Gasteiger partial charge >= 0.3 is 0 Å². The molecule has 0 bridgehead atoms. The van der Waals surface area contributed by atoms with Gasteiger partial charge in [0.1, 0.15) is 5.69 Å². The molecule has 0 spiro atoms. The molecule has 0 unspecified atom stereocenters. The lowest BCUT2D eigenvalue weighted by Crippen LogP contribution is -2.35. The summed E-state index contributed by atoms with van der Waals surface area (Å²) in [7, 11) is 0. The molecule has 0 saturated heterocycles. The van der Waals surface area contributed by atoms with Crippen LogP contribution >= 0.6 is 11.6 Å². The van der Waals surface area contributed by atoms with Crippen molar-refractivity contribution >= 4 is 23.3 Å². The highest BCUT2D eigenvalue weighted by Crippen LogP contribution is 2.27. The number of carbonyl (C=O) groups excluding carboxylic acids is 1. The lowest BCUT2D eigenvalue weighted by Gasteiger charge is -2.23. The molecule has 0 radical (unpaired) electrons. The molecule has 0 aliphatic rings. The van der Waals surface area contributed by atoms with Gasteiger partial charge in [0.25, 0.3) is 0 Å². The monoisotopic (exact) mass is 278 g/mol. The van der Waals surface area contributed by atoms with E-state index in [2.05, 4.69) is 20.7 Å². The Morgan fingerprint density at radius 2 is 2.11 bits per heavy atom. The van der Waals surface area contributed by atoms with Gasteiger partial charge in [-0.2, -0.15) is 10.3 Å². The molecule has 2 rings (SSSR count). The van der Waals surface area contributed by atoms with Gasteiger partial charge in [-0.25, -0.2) is 0 Å². The summed E-state index contributed by atoms with van der Waals surface area (Å²) in [5.41, 5.74) is 0.782. The number of benzene rings is 1. The van der Waals surface area contributed by atoms with Gasteiger partial charge in [0.15, 0.2) is 5.82 Å². The molecule has 0 atom stereocenters. The van der Waals surface area contributed by atoms with Crippen LogP contribution in [-0.4, -0.2) is 21.3 Å². The summed E-state index contributed by atoms with van der Waals surface area (Å²) in [6.45, 7) is 5.44. The number of aromatic nitrogens is 3. The van der Waals surface area contributed by atoms with E-state index in [4.69, 9.17) is 11.6 Å². The molecule has 1 aromatic heterocycles. The van der Waals surface area contributed by atoms with Crippen LogP contribution in [0.25, 0.3) is 0 Å². The van der Waals surface area contributed by atoms with Crippen LogP contribution in [0.3, 0.4) is 0 Å². The van der Waals surface area contributed by atoms with Crippen molar-refractivity contribution in [3.05, 3.63) is 40.5 Å². The van der Waals surface area contributed by atoms with E-state index in [0.29, 0.717) is 16.5 Å². The standard InChI is InChI=1S/C13H15ClN4O/c1-8-11(17-18-16-8)15-12(19)13(2,3)9-5-4-6-10(14)7-9/h4-7H,1-3H3,(H2,15,16,17,18,19). The van der Waals surface area contributed by atoms with Crippen LogP contribution in [-0.2, 0) is 10.2 Å². The molecule has 1 aromatic carbocycles. The summed E-state index contributed by atoms with van der Waals surface area (Å²) in [5, 5.41) is 13.6. The summed E-state index contributed by atoms with van der Waals surface area (Å²) < 4.78 is 0. The predicted molar refractivity (Wildman–Crippen MR) is 74.2 cm³/mol. The number of nitrogens with one attached hydrogen (secondary N) is 2. The smallest absolute Gasteiger partial charge is 0.235 e. The van der Waals surface area contributed by atoms with Gasteiger partial charge in [-0.15, -0.1) is 5.10 Å². The van der Waals surface area contributed by atoms with Crippen LogP contribution in [0.4, 0.5) is 5.82 Å². The van der Waals surface area contributed by atoms with Crippen LogP contribution in [0, 0.1) is 6.92 Å². The number of aromatic amines is 1. The minimum Gasteiger partial charge on any atom is -0.307 e. The predicted octanol–water partition coefficient (Wildman–Crippen LogP) is 2.68. The third kappa shape index (κ3) is 2.76. The van der Waals surface area contributed by atoms with E-state index >= 15 is 0 Å². The summed E-state index contributed by atoms with van der Waals surface area (Å²) in [6.07, 6.45) is 0. The summed E-state index contributed by atoms with van der Waals surface area (Å²) in [4.78, 5) is 12.4. The van der Waals surface area contributed by atoms with Crippen molar-refractivity contribution in [3.8, 4) is 0 Å². The maximum atomic E-state index is 12.4.